The molecule has 0 saturated heterocycles. The number of hydrogen-bond acceptors (Lipinski definition) is 6. The molecule has 0 fully saturated rings. The van der Waals surface area contributed by atoms with Crippen molar-refractivity contribution in [3.63, 3.8) is 0 Å². The topological polar surface area (TPSA) is 131 Å². The van der Waals surface area contributed by atoms with Crippen molar-refractivity contribution in [2.45, 2.75) is 180 Å². The predicted octanol–water partition coefficient (Wildman–Crippen LogP) is 9.44. The van der Waals surface area contributed by atoms with Crippen molar-refractivity contribution in [2.75, 3.05) is 19.8 Å². The Morgan fingerprint density at radius 3 is 1.71 bits per heavy atom. The van der Waals surface area contributed by atoms with Crippen LogP contribution in [0.1, 0.15) is 168 Å². The molecular formula is C36H71N2O6P. The predicted molar refractivity (Wildman–Crippen MR) is 189 cm³/mol. The Labute approximate surface area is 277 Å². The summed E-state index contributed by atoms with van der Waals surface area (Å²) in [5.74, 6) is -0.206. The van der Waals surface area contributed by atoms with E-state index in [2.05, 4.69) is 31.3 Å². The van der Waals surface area contributed by atoms with E-state index in [9.17, 15) is 19.4 Å². The number of phosphoric acid groups is 1. The normalized spacial score (nSPS) is 14.7. The molecule has 0 aromatic heterocycles. The van der Waals surface area contributed by atoms with Crippen LogP contribution < -0.4 is 11.1 Å². The zero-order chi connectivity index (χ0) is 33.3. The van der Waals surface area contributed by atoms with Crippen LogP contribution in [-0.4, -0.2) is 47.8 Å². The Bertz CT molecular complexity index is 764. The molecule has 0 rings (SSSR count). The Hall–Kier alpha value is -1.02. The van der Waals surface area contributed by atoms with Gasteiger partial charge >= 0.3 is 7.82 Å². The van der Waals surface area contributed by atoms with E-state index >= 15 is 0 Å². The highest BCUT2D eigenvalue weighted by molar-refractivity contribution is 7.47. The number of hydrogen-bond donors (Lipinski definition) is 4. The standard InChI is InChI=1S/C36H71N2O6P/c1-3-5-7-9-11-13-15-16-17-18-20-21-23-25-27-29-35(39)34(33-44-45(41,42)43-32-31-37)38-36(40)30-28-26-24-22-19-14-12-10-8-6-4-2/h10,12,27,29,34-35,39H,3-9,11,13-26,28,30-33,37H2,1-2H3,(H,38,40)(H,41,42)/b12-10-,29-27+. The number of rotatable bonds is 34. The van der Waals surface area contributed by atoms with Gasteiger partial charge in [0.2, 0.25) is 5.91 Å². The maximum Gasteiger partial charge on any atom is 0.472 e. The summed E-state index contributed by atoms with van der Waals surface area (Å²) in [5, 5.41) is 13.6. The molecule has 0 aromatic rings. The lowest BCUT2D eigenvalue weighted by molar-refractivity contribution is -0.123. The summed E-state index contributed by atoms with van der Waals surface area (Å²) in [6.45, 7) is 4.07. The van der Waals surface area contributed by atoms with Gasteiger partial charge in [0.1, 0.15) is 0 Å². The zero-order valence-corrected chi connectivity index (χ0v) is 30.0. The number of phosphoric ester groups is 1. The smallest absolute Gasteiger partial charge is 0.387 e. The molecule has 45 heavy (non-hydrogen) atoms. The van der Waals surface area contributed by atoms with Crippen molar-refractivity contribution in [2.24, 2.45) is 5.73 Å². The fraction of sp³-hybridized carbons (Fsp3) is 0.861. The van der Waals surface area contributed by atoms with E-state index in [0.29, 0.717) is 6.42 Å². The Kier molecular flexibility index (Phi) is 32.2. The van der Waals surface area contributed by atoms with Crippen LogP contribution in [0.2, 0.25) is 0 Å². The molecule has 0 saturated carbocycles. The molecule has 0 aliphatic heterocycles. The van der Waals surface area contributed by atoms with Crippen molar-refractivity contribution in [1.82, 2.24) is 5.32 Å². The fourth-order valence-electron chi connectivity index (χ4n) is 5.17. The van der Waals surface area contributed by atoms with Crippen molar-refractivity contribution in [3.05, 3.63) is 24.3 Å². The average Bonchev–Trinajstić information content (AvgIpc) is 3.02. The van der Waals surface area contributed by atoms with Gasteiger partial charge in [0.15, 0.2) is 0 Å². The first-order chi connectivity index (χ1) is 21.9. The summed E-state index contributed by atoms with van der Waals surface area (Å²) in [6, 6.07) is -0.859. The number of aliphatic hydroxyl groups excluding tert-OH is 1. The molecular weight excluding hydrogens is 587 g/mol. The lowest BCUT2D eigenvalue weighted by atomic mass is 10.0. The number of allylic oxidation sites excluding steroid dienone is 3. The minimum atomic E-state index is -4.33. The van der Waals surface area contributed by atoms with Crippen LogP contribution in [0.5, 0.6) is 0 Å². The maximum absolute atomic E-state index is 12.6. The van der Waals surface area contributed by atoms with E-state index in [0.717, 1.165) is 57.8 Å². The average molecular weight is 659 g/mol. The highest BCUT2D eigenvalue weighted by Crippen LogP contribution is 2.43. The Morgan fingerprint density at radius 2 is 1.18 bits per heavy atom. The van der Waals surface area contributed by atoms with Crippen LogP contribution in [0, 0.1) is 0 Å². The molecule has 0 aliphatic rings. The third-order valence-corrected chi connectivity index (χ3v) is 9.01. The van der Waals surface area contributed by atoms with Gasteiger partial charge in [-0.05, 0) is 38.5 Å². The van der Waals surface area contributed by atoms with Gasteiger partial charge in [0.05, 0.1) is 25.4 Å². The summed E-state index contributed by atoms with van der Waals surface area (Å²) in [5.41, 5.74) is 5.35. The van der Waals surface area contributed by atoms with Crippen molar-refractivity contribution < 1.29 is 28.4 Å². The van der Waals surface area contributed by atoms with Crippen LogP contribution in [0.3, 0.4) is 0 Å². The maximum atomic E-state index is 12.6. The van der Waals surface area contributed by atoms with E-state index in [1.807, 2.05) is 6.08 Å². The number of carbonyl (C=O) groups is 1. The van der Waals surface area contributed by atoms with Gasteiger partial charge in [-0.2, -0.15) is 0 Å². The first-order valence-electron chi connectivity index (χ1n) is 18.5. The number of aliphatic hydroxyl groups is 1. The van der Waals surface area contributed by atoms with Crippen LogP contribution in [0.4, 0.5) is 0 Å². The molecule has 0 aliphatic carbocycles. The fourth-order valence-corrected chi connectivity index (χ4v) is 5.93. The molecule has 0 aromatic carbocycles. The molecule has 5 N–H and O–H groups in total. The number of nitrogens with one attached hydrogen (secondary N) is 1. The summed E-state index contributed by atoms with van der Waals surface area (Å²) < 4.78 is 22.0. The van der Waals surface area contributed by atoms with Crippen LogP contribution in [0.15, 0.2) is 24.3 Å². The number of nitrogens with two attached hydrogens (primary N) is 1. The molecule has 8 nitrogen and oxygen atoms in total. The zero-order valence-electron chi connectivity index (χ0n) is 29.1. The first-order valence-corrected chi connectivity index (χ1v) is 20.0. The van der Waals surface area contributed by atoms with E-state index in [1.54, 1.807) is 6.08 Å². The summed E-state index contributed by atoms with van der Waals surface area (Å²) in [7, 11) is -4.33. The lowest BCUT2D eigenvalue weighted by Gasteiger charge is -2.23. The first kappa shape index (κ1) is 44.0. The van der Waals surface area contributed by atoms with E-state index in [1.165, 1.54) is 89.9 Å². The number of amides is 1. The molecule has 3 unspecified atom stereocenters. The molecule has 9 heteroatoms. The van der Waals surface area contributed by atoms with Gasteiger partial charge in [-0.3, -0.25) is 13.8 Å². The molecule has 0 bridgehead atoms. The highest BCUT2D eigenvalue weighted by Gasteiger charge is 2.26. The molecule has 1 amide bonds. The van der Waals surface area contributed by atoms with Crippen LogP contribution in [0.25, 0.3) is 0 Å². The number of carbonyl (C=O) groups excluding carboxylic acids is 1. The van der Waals surface area contributed by atoms with Crippen molar-refractivity contribution >= 4 is 13.7 Å². The lowest BCUT2D eigenvalue weighted by Crippen LogP contribution is -2.45. The van der Waals surface area contributed by atoms with Gasteiger partial charge in [-0.1, -0.05) is 147 Å². The largest absolute Gasteiger partial charge is 0.472 e. The minimum Gasteiger partial charge on any atom is -0.387 e. The Morgan fingerprint density at radius 1 is 0.711 bits per heavy atom. The third kappa shape index (κ3) is 31.4. The molecule has 0 spiro atoms. The Balaban J connectivity index is 4.34. The van der Waals surface area contributed by atoms with E-state index < -0.39 is 20.0 Å². The minimum absolute atomic E-state index is 0.0777. The molecule has 266 valence electrons. The third-order valence-electron chi connectivity index (χ3n) is 8.02. The monoisotopic (exact) mass is 659 g/mol. The SMILES string of the molecule is CCCC/C=C\CCCCCCCC(=O)NC(COP(=O)(O)OCCN)C(O)/C=C/CCCCCCCCCCCCCCC. The summed E-state index contributed by atoms with van der Waals surface area (Å²) >= 11 is 0. The second kappa shape index (κ2) is 32.9. The molecule has 3 atom stereocenters. The number of unbranched alkanes of at least 4 members (excludes halogenated alkanes) is 20. The van der Waals surface area contributed by atoms with Gasteiger partial charge in [-0.25, -0.2) is 4.57 Å². The van der Waals surface area contributed by atoms with Crippen molar-refractivity contribution in [3.8, 4) is 0 Å². The van der Waals surface area contributed by atoms with Crippen LogP contribution in [-0.2, 0) is 18.4 Å². The second-order valence-corrected chi connectivity index (χ2v) is 13.9. The summed E-state index contributed by atoms with van der Waals surface area (Å²) in [6.07, 6.45) is 35.0. The molecule has 0 radical (unpaired) electrons. The van der Waals surface area contributed by atoms with E-state index in [4.69, 9.17) is 14.8 Å². The van der Waals surface area contributed by atoms with Gasteiger partial charge in [-0.15, -0.1) is 0 Å². The quantitative estimate of drug-likeness (QED) is 0.0308. The van der Waals surface area contributed by atoms with Gasteiger partial charge < -0.3 is 21.1 Å². The highest BCUT2D eigenvalue weighted by atomic mass is 31.2. The second-order valence-electron chi connectivity index (χ2n) is 12.4. The molecule has 0 heterocycles. The van der Waals surface area contributed by atoms with Gasteiger partial charge in [0.25, 0.3) is 0 Å². The summed E-state index contributed by atoms with van der Waals surface area (Å²) in [4.78, 5) is 22.5. The van der Waals surface area contributed by atoms with E-state index in [-0.39, 0.29) is 25.7 Å². The van der Waals surface area contributed by atoms with Gasteiger partial charge in [0, 0.05) is 13.0 Å². The van der Waals surface area contributed by atoms with Crippen molar-refractivity contribution in [1.29, 1.82) is 0 Å². The van der Waals surface area contributed by atoms with Crippen LogP contribution >= 0.6 is 7.82 Å².